The van der Waals surface area contributed by atoms with Crippen LogP contribution in [0.1, 0.15) is 25.0 Å². The number of rotatable bonds is 4. The van der Waals surface area contributed by atoms with Crippen LogP contribution in [0.25, 0.3) is 110 Å². The second-order valence-electron chi connectivity index (χ2n) is 16.4. The number of benzene rings is 10. The van der Waals surface area contributed by atoms with Gasteiger partial charge in [0.2, 0.25) is 0 Å². The molecule has 0 saturated heterocycles. The smallest absolute Gasteiger partial charge is 0.0159 e. The normalized spacial score (nSPS) is 13.2. The van der Waals surface area contributed by atoms with Crippen LogP contribution >= 0.6 is 0 Å². The van der Waals surface area contributed by atoms with Crippen LogP contribution in [0.15, 0.2) is 194 Å². The van der Waals surface area contributed by atoms with Crippen LogP contribution in [0, 0.1) is 0 Å². The predicted molar refractivity (Wildman–Crippen MR) is 243 cm³/mol. The van der Waals surface area contributed by atoms with Crippen molar-refractivity contribution in [1.82, 2.24) is 0 Å². The molecule has 0 unspecified atom stereocenters. The van der Waals surface area contributed by atoms with Crippen LogP contribution in [0.4, 0.5) is 0 Å². The summed E-state index contributed by atoms with van der Waals surface area (Å²) < 4.78 is 0. The molecular formula is C57H38. The summed E-state index contributed by atoms with van der Waals surface area (Å²) in [7, 11) is 0. The Morgan fingerprint density at radius 3 is 1.60 bits per heavy atom. The Bertz CT molecular complexity index is 3290. The molecule has 0 aliphatic heterocycles. The Kier molecular flexibility index (Phi) is 6.78. The van der Waals surface area contributed by atoms with Gasteiger partial charge in [-0.25, -0.2) is 0 Å². The van der Waals surface area contributed by atoms with E-state index >= 15 is 0 Å². The maximum atomic E-state index is 2.46. The summed E-state index contributed by atoms with van der Waals surface area (Å²) >= 11 is 0. The van der Waals surface area contributed by atoms with Gasteiger partial charge in [-0.2, -0.15) is 0 Å². The van der Waals surface area contributed by atoms with Crippen LogP contribution in [0.2, 0.25) is 0 Å². The van der Waals surface area contributed by atoms with Gasteiger partial charge in [0.05, 0.1) is 0 Å². The first-order valence-corrected chi connectivity index (χ1v) is 20.1. The Morgan fingerprint density at radius 2 is 0.877 bits per heavy atom. The molecule has 0 atom stereocenters. The van der Waals surface area contributed by atoms with Crippen LogP contribution in [-0.2, 0) is 5.41 Å². The van der Waals surface area contributed by atoms with E-state index in [2.05, 4.69) is 208 Å². The third-order valence-electron chi connectivity index (χ3n) is 13.0. The molecule has 0 aromatic heterocycles. The van der Waals surface area contributed by atoms with E-state index in [-0.39, 0.29) is 5.41 Å². The maximum Gasteiger partial charge on any atom is 0.0159 e. The van der Waals surface area contributed by atoms with Gasteiger partial charge in [0.25, 0.3) is 0 Å². The summed E-state index contributed by atoms with van der Waals surface area (Å²) in [6, 6.07) is 72.7. The van der Waals surface area contributed by atoms with E-state index < -0.39 is 0 Å². The number of hydrogen-bond acceptors (Lipinski definition) is 0. The van der Waals surface area contributed by atoms with Gasteiger partial charge in [-0.3, -0.25) is 0 Å². The lowest BCUT2D eigenvalue weighted by Crippen LogP contribution is -2.14. The summed E-state index contributed by atoms with van der Waals surface area (Å²) in [5.41, 5.74) is 20.8. The molecule has 2 aliphatic rings. The van der Waals surface area contributed by atoms with E-state index in [0.29, 0.717) is 0 Å². The topological polar surface area (TPSA) is 0 Å². The highest BCUT2D eigenvalue weighted by molar-refractivity contribution is 6.27. The Balaban J connectivity index is 1.12. The van der Waals surface area contributed by atoms with E-state index in [0.717, 1.165) is 0 Å². The third-order valence-corrected chi connectivity index (χ3v) is 13.0. The average molecular weight is 723 g/mol. The molecule has 10 aromatic carbocycles. The second kappa shape index (κ2) is 12.0. The van der Waals surface area contributed by atoms with E-state index in [1.54, 1.807) is 0 Å². The van der Waals surface area contributed by atoms with Gasteiger partial charge >= 0.3 is 0 Å². The van der Waals surface area contributed by atoms with Crippen molar-refractivity contribution in [3.63, 3.8) is 0 Å². The fourth-order valence-corrected chi connectivity index (χ4v) is 10.4. The SMILES string of the molecule is CC1(C)c2ccccc2-c2cc3ccc(-c4ccc(-c5c6c(c(-c7ccccc7)c7ccccc57)-c5cccc7cccc-6c57)cc4-c4ccccc4)cc3cc21. The molecule has 0 saturated carbocycles. The highest BCUT2D eigenvalue weighted by Gasteiger charge is 2.35. The average Bonchev–Trinajstić information content (AvgIpc) is 3.71. The zero-order valence-corrected chi connectivity index (χ0v) is 32.0. The quantitative estimate of drug-likeness (QED) is 0.170. The van der Waals surface area contributed by atoms with Crippen molar-refractivity contribution in [1.29, 1.82) is 0 Å². The van der Waals surface area contributed by atoms with Gasteiger partial charge in [0, 0.05) is 5.41 Å². The van der Waals surface area contributed by atoms with Crippen LogP contribution in [0.5, 0.6) is 0 Å². The maximum absolute atomic E-state index is 2.46. The Hall–Kier alpha value is -7.02. The molecule has 10 aromatic rings. The zero-order chi connectivity index (χ0) is 37.8. The highest BCUT2D eigenvalue weighted by Crippen LogP contribution is 2.58. The Morgan fingerprint density at radius 1 is 0.281 bits per heavy atom. The van der Waals surface area contributed by atoms with Crippen LogP contribution in [0.3, 0.4) is 0 Å². The summed E-state index contributed by atoms with van der Waals surface area (Å²) in [6.45, 7) is 4.73. The number of hydrogen-bond donors (Lipinski definition) is 0. The first kappa shape index (κ1) is 32.2. The predicted octanol–water partition coefficient (Wildman–Crippen LogP) is 15.8. The van der Waals surface area contributed by atoms with Crippen LogP contribution < -0.4 is 0 Å². The van der Waals surface area contributed by atoms with E-state index in [1.165, 1.54) is 121 Å². The Labute approximate surface area is 333 Å². The molecule has 0 heterocycles. The fourth-order valence-electron chi connectivity index (χ4n) is 10.4. The molecule has 12 rings (SSSR count). The minimum atomic E-state index is -0.0456. The van der Waals surface area contributed by atoms with Gasteiger partial charge in [-0.1, -0.05) is 184 Å². The van der Waals surface area contributed by atoms with Crippen molar-refractivity contribution in [3.05, 3.63) is 205 Å². The summed E-state index contributed by atoms with van der Waals surface area (Å²) in [6.07, 6.45) is 0. The van der Waals surface area contributed by atoms with Gasteiger partial charge in [0.1, 0.15) is 0 Å². The van der Waals surface area contributed by atoms with Crippen LogP contribution in [-0.4, -0.2) is 0 Å². The molecule has 0 radical (unpaired) electrons. The minimum absolute atomic E-state index is 0.0456. The lowest BCUT2D eigenvalue weighted by atomic mass is 9.81. The highest BCUT2D eigenvalue weighted by atomic mass is 14.4. The van der Waals surface area contributed by atoms with Crippen molar-refractivity contribution in [3.8, 4) is 77.9 Å². The molecule has 2 aliphatic carbocycles. The molecule has 0 N–H and O–H groups in total. The first-order valence-electron chi connectivity index (χ1n) is 20.1. The van der Waals surface area contributed by atoms with E-state index in [9.17, 15) is 0 Å². The number of fused-ring (bicyclic) bond motifs is 8. The van der Waals surface area contributed by atoms with Crippen molar-refractivity contribution in [2.24, 2.45) is 0 Å². The summed E-state index contributed by atoms with van der Waals surface area (Å²) in [4.78, 5) is 0. The lowest BCUT2D eigenvalue weighted by Gasteiger charge is -2.22. The molecule has 0 spiro atoms. The molecule has 0 amide bonds. The van der Waals surface area contributed by atoms with E-state index in [4.69, 9.17) is 0 Å². The second-order valence-corrected chi connectivity index (χ2v) is 16.4. The van der Waals surface area contributed by atoms with E-state index in [1.807, 2.05) is 0 Å². The van der Waals surface area contributed by atoms with Crippen molar-refractivity contribution in [2.45, 2.75) is 19.3 Å². The molecule has 0 heteroatoms. The third kappa shape index (κ3) is 4.62. The van der Waals surface area contributed by atoms with Gasteiger partial charge < -0.3 is 0 Å². The van der Waals surface area contributed by atoms with Gasteiger partial charge in [0.15, 0.2) is 0 Å². The van der Waals surface area contributed by atoms with Crippen molar-refractivity contribution >= 4 is 32.3 Å². The molecular weight excluding hydrogens is 685 g/mol. The molecule has 0 bridgehead atoms. The summed E-state index contributed by atoms with van der Waals surface area (Å²) in [5, 5.41) is 7.73. The lowest BCUT2D eigenvalue weighted by molar-refractivity contribution is 0.661. The molecule has 0 fully saturated rings. The van der Waals surface area contributed by atoms with Crippen molar-refractivity contribution < 1.29 is 0 Å². The molecule has 57 heavy (non-hydrogen) atoms. The monoisotopic (exact) mass is 722 g/mol. The van der Waals surface area contributed by atoms with Gasteiger partial charge in [-0.15, -0.1) is 0 Å². The molecule has 266 valence electrons. The van der Waals surface area contributed by atoms with Crippen molar-refractivity contribution in [2.75, 3.05) is 0 Å². The summed E-state index contributed by atoms with van der Waals surface area (Å²) in [5.74, 6) is 0. The fraction of sp³-hybridized carbons (Fsp3) is 0.0526. The zero-order valence-electron chi connectivity index (χ0n) is 32.0. The largest absolute Gasteiger partial charge is 0.0622 e. The molecule has 0 nitrogen and oxygen atoms in total. The first-order chi connectivity index (χ1) is 28.0. The van der Waals surface area contributed by atoms with Gasteiger partial charge in [-0.05, 0) is 146 Å². The standard InChI is InChI=1S/C57H38/c1-57(2)50-26-12-11-21-43(50)49-32-38-27-28-39(31-41(38)34-51(49)57)42-30-29-40(33-48(42)35-15-5-3-6-16-35)54-45-23-10-9-22-44(45)53(37-17-7-4-8-18-37)55-46-24-13-19-36-20-14-25-47(52(36)46)56(54)55/h3-34H,1-2H3. The minimum Gasteiger partial charge on any atom is -0.0622 e.